The van der Waals surface area contributed by atoms with E-state index < -0.39 is 17.6 Å². The number of halogens is 3. The maximum Gasteiger partial charge on any atom is 0.417 e. The summed E-state index contributed by atoms with van der Waals surface area (Å²) >= 11 is 0. The van der Waals surface area contributed by atoms with Gasteiger partial charge >= 0.3 is 6.18 Å². The van der Waals surface area contributed by atoms with Crippen molar-refractivity contribution in [2.75, 3.05) is 0 Å². The van der Waals surface area contributed by atoms with Gasteiger partial charge in [-0.15, -0.1) is 0 Å². The lowest BCUT2D eigenvalue weighted by Gasteiger charge is -2.15. The Kier molecular flexibility index (Phi) is 5.05. The molecule has 0 fully saturated rings. The molecular weight excluding hydrogens is 403 g/mol. The normalized spacial score (nSPS) is 11.8. The van der Waals surface area contributed by atoms with Gasteiger partial charge in [-0.1, -0.05) is 43.3 Å². The minimum Gasteiger partial charge on any atom is -0.366 e. The van der Waals surface area contributed by atoms with Crippen LogP contribution >= 0.6 is 0 Å². The Hall–Kier alpha value is -3.61. The van der Waals surface area contributed by atoms with Gasteiger partial charge in [-0.05, 0) is 46.5 Å². The van der Waals surface area contributed by atoms with Crippen LogP contribution in [0, 0.1) is 0 Å². The molecule has 4 nitrogen and oxygen atoms in total. The van der Waals surface area contributed by atoms with Crippen LogP contribution in [0.4, 0.5) is 13.2 Å². The molecule has 1 aromatic heterocycles. The van der Waals surface area contributed by atoms with Crippen LogP contribution in [0.2, 0.25) is 0 Å². The predicted molar refractivity (Wildman–Crippen MR) is 114 cm³/mol. The number of carbonyl (C=O) groups excluding carboxylic acids is 1. The number of alkyl halides is 3. The molecule has 31 heavy (non-hydrogen) atoms. The first-order valence-corrected chi connectivity index (χ1v) is 9.77. The molecule has 0 aliphatic carbocycles. The molecule has 3 aromatic carbocycles. The Balaban J connectivity index is 1.95. The van der Waals surface area contributed by atoms with Gasteiger partial charge in [-0.25, -0.2) is 4.98 Å². The number of nitrogens with zero attached hydrogens (tertiary/aromatic N) is 2. The highest BCUT2D eigenvalue weighted by Gasteiger charge is 2.35. The van der Waals surface area contributed by atoms with Crippen LogP contribution in [0.25, 0.3) is 33.3 Å². The van der Waals surface area contributed by atoms with Crippen molar-refractivity contribution in [2.24, 2.45) is 12.8 Å². The number of hydrogen-bond acceptors (Lipinski definition) is 2. The number of primary amides is 1. The van der Waals surface area contributed by atoms with E-state index in [0.29, 0.717) is 45.5 Å². The minimum absolute atomic E-state index is 0.0409. The molecule has 0 bridgehead atoms. The SMILES string of the molecule is CCc1nc2cc(-c3cccc(-c4ccccc4C(N)=O)c3)c(C(F)(F)F)cc2n1C. The zero-order chi connectivity index (χ0) is 22.3. The van der Waals surface area contributed by atoms with Crippen LogP contribution in [0.5, 0.6) is 0 Å². The molecule has 0 radical (unpaired) electrons. The maximum atomic E-state index is 14.0. The Morgan fingerprint density at radius 1 is 1.00 bits per heavy atom. The summed E-state index contributed by atoms with van der Waals surface area (Å²) in [6.07, 6.45) is -3.93. The van der Waals surface area contributed by atoms with Crippen LogP contribution in [0.3, 0.4) is 0 Å². The summed E-state index contributed by atoms with van der Waals surface area (Å²) in [5.74, 6) is 0.114. The third kappa shape index (κ3) is 3.67. The fourth-order valence-corrected chi connectivity index (χ4v) is 3.88. The lowest BCUT2D eigenvalue weighted by Crippen LogP contribution is -2.12. The number of amides is 1. The number of benzene rings is 3. The van der Waals surface area contributed by atoms with Crippen LogP contribution in [0.15, 0.2) is 60.7 Å². The van der Waals surface area contributed by atoms with Crippen molar-refractivity contribution in [3.63, 3.8) is 0 Å². The Morgan fingerprint density at radius 3 is 2.32 bits per heavy atom. The number of fused-ring (bicyclic) bond motifs is 1. The number of rotatable bonds is 4. The number of carbonyl (C=O) groups is 1. The molecule has 158 valence electrons. The summed E-state index contributed by atoms with van der Waals surface area (Å²) in [7, 11) is 1.72. The Morgan fingerprint density at radius 2 is 1.68 bits per heavy atom. The lowest BCUT2D eigenvalue weighted by molar-refractivity contribution is -0.137. The zero-order valence-electron chi connectivity index (χ0n) is 17.0. The van der Waals surface area contributed by atoms with Crippen molar-refractivity contribution in [1.29, 1.82) is 0 Å². The fraction of sp³-hybridized carbons (Fsp3) is 0.167. The van der Waals surface area contributed by atoms with E-state index in [1.54, 1.807) is 60.1 Å². The number of imidazole rings is 1. The van der Waals surface area contributed by atoms with Crippen molar-refractivity contribution in [1.82, 2.24) is 9.55 Å². The second kappa shape index (κ2) is 7.58. The molecule has 4 aromatic rings. The molecule has 0 unspecified atom stereocenters. The highest BCUT2D eigenvalue weighted by atomic mass is 19.4. The molecule has 0 saturated heterocycles. The molecule has 0 atom stereocenters. The quantitative estimate of drug-likeness (QED) is 0.465. The highest BCUT2D eigenvalue weighted by Crippen LogP contribution is 2.40. The summed E-state index contributed by atoms with van der Waals surface area (Å²) in [6.45, 7) is 1.91. The van der Waals surface area contributed by atoms with E-state index in [1.807, 2.05) is 6.92 Å². The van der Waals surface area contributed by atoms with Gasteiger partial charge < -0.3 is 10.3 Å². The van der Waals surface area contributed by atoms with Gasteiger partial charge in [0.05, 0.1) is 16.6 Å². The molecular formula is C24H20F3N3O. The molecule has 7 heteroatoms. The van der Waals surface area contributed by atoms with E-state index in [4.69, 9.17) is 5.73 Å². The number of aromatic nitrogens is 2. The third-order valence-electron chi connectivity index (χ3n) is 5.41. The molecule has 2 N–H and O–H groups in total. The van der Waals surface area contributed by atoms with Gasteiger partial charge in [-0.3, -0.25) is 4.79 Å². The number of hydrogen-bond donors (Lipinski definition) is 1. The van der Waals surface area contributed by atoms with Gasteiger partial charge in [0, 0.05) is 19.0 Å². The standard InChI is InChI=1S/C24H20F3N3O/c1-3-22-29-20-12-18(19(24(25,26)27)13-21(20)30(22)2)15-8-6-7-14(11-15)16-9-4-5-10-17(16)23(28)31/h4-13H,3H2,1-2H3,(H2,28,31). The van der Waals surface area contributed by atoms with Crippen LogP contribution in [0.1, 0.15) is 28.7 Å². The Labute approximate surface area is 177 Å². The smallest absolute Gasteiger partial charge is 0.366 e. The van der Waals surface area contributed by atoms with Crippen LogP contribution in [-0.2, 0) is 19.6 Å². The summed E-state index contributed by atoms with van der Waals surface area (Å²) < 4.78 is 43.6. The van der Waals surface area contributed by atoms with Crippen molar-refractivity contribution in [3.05, 3.63) is 77.6 Å². The van der Waals surface area contributed by atoms with E-state index in [0.717, 1.165) is 6.07 Å². The van der Waals surface area contributed by atoms with Crippen molar-refractivity contribution < 1.29 is 18.0 Å². The first kappa shape index (κ1) is 20.7. The zero-order valence-corrected chi connectivity index (χ0v) is 17.0. The summed E-state index contributed by atoms with van der Waals surface area (Å²) in [6, 6.07) is 16.1. The van der Waals surface area contributed by atoms with Gasteiger partial charge in [0.15, 0.2) is 0 Å². The first-order valence-electron chi connectivity index (χ1n) is 9.77. The second-order valence-corrected chi connectivity index (χ2v) is 7.32. The number of aryl methyl sites for hydroxylation is 2. The van der Waals surface area contributed by atoms with Crippen molar-refractivity contribution in [3.8, 4) is 22.3 Å². The molecule has 0 saturated carbocycles. The molecule has 1 amide bonds. The van der Waals surface area contributed by atoms with Gasteiger partial charge in [0.25, 0.3) is 0 Å². The summed E-state index contributed by atoms with van der Waals surface area (Å²) in [4.78, 5) is 16.3. The van der Waals surface area contributed by atoms with Gasteiger partial charge in [0.2, 0.25) is 5.91 Å². The van der Waals surface area contributed by atoms with Crippen molar-refractivity contribution >= 4 is 16.9 Å². The van der Waals surface area contributed by atoms with E-state index in [2.05, 4.69) is 4.98 Å². The maximum absolute atomic E-state index is 14.0. The summed E-state index contributed by atoms with van der Waals surface area (Å²) in [5.41, 5.74) is 7.59. The molecule has 0 spiro atoms. The molecule has 0 aliphatic heterocycles. The van der Waals surface area contributed by atoms with Gasteiger partial charge in [0.1, 0.15) is 5.82 Å². The van der Waals surface area contributed by atoms with E-state index in [1.165, 1.54) is 6.07 Å². The van der Waals surface area contributed by atoms with Crippen LogP contribution in [-0.4, -0.2) is 15.5 Å². The first-order chi connectivity index (χ1) is 14.7. The highest BCUT2D eigenvalue weighted by molar-refractivity contribution is 6.00. The molecule has 1 heterocycles. The average Bonchev–Trinajstić information content (AvgIpc) is 3.07. The fourth-order valence-electron chi connectivity index (χ4n) is 3.88. The lowest BCUT2D eigenvalue weighted by atomic mass is 9.93. The average molecular weight is 423 g/mol. The summed E-state index contributed by atoms with van der Waals surface area (Å²) in [5, 5.41) is 0. The minimum atomic E-state index is -4.54. The molecule has 4 rings (SSSR count). The predicted octanol–water partition coefficient (Wildman–Crippen LogP) is 5.59. The Bertz CT molecular complexity index is 1310. The topological polar surface area (TPSA) is 60.9 Å². The van der Waals surface area contributed by atoms with Crippen LogP contribution < -0.4 is 5.73 Å². The second-order valence-electron chi connectivity index (χ2n) is 7.32. The molecule has 0 aliphatic rings. The van der Waals surface area contributed by atoms with E-state index in [9.17, 15) is 18.0 Å². The van der Waals surface area contributed by atoms with E-state index >= 15 is 0 Å². The van der Waals surface area contributed by atoms with Crippen molar-refractivity contribution in [2.45, 2.75) is 19.5 Å². The van der Waals surface area contributed by atoms with E-state index in [-0.39, 0.29) is 5.56 Å². The third-order valence-corrected chi connectivity index (χ3v) is 5.41. The monoisotopic (exact) mass is 423 g/mol. The number of nitrogens with two attached hydrogens (primary N) is 1. The van der Waals surface area contributed by atoms with Gasteiger partial charge in [-0.2, -0.15) is 13.2 Å². The largest absolute Gasteiger partial charge is 0.417 e.